The summed E-state index contributed by atoms with van der Waals surface area (Å²) < 4.78 is 10.6. The summed E-state index contributed by atoms with van der Waals surface area (Å²) in [5.41, 5.74) is -1.02. The molecule has 0 heterocycles. The van der Waals surface area contributed by atoms with Gasteiger partial charge in [0.2, 0.25) is 0 Å². The summed E-state index contributed by atoms with van der Waals surface area (Å²) in [6.07, 6.45) is 0.557. The molecular formula is C21H17NO6. The van der Waals surface area contributed by atoms with Crippen molar-refractivity contribution in [2.24, 2.45) is 0 Å². The molecule has 0 unspecified atom stereocenters. The molecule has 0 spiro atoms. The minimum absolute atomic E-state index is 0.115. The molecule has 0 aromatic heterocycles. The first kappa shape index (κ1) is 19.0. The number of methoxy groups -OCH3 is 1. The number of carbonyl (C=O) groups is 2. The van der Waals surface area contributed by atoms with Crippen LogP contribution in [0.5, 0.6) is 5.75 Å². The molecule has 3 aromatic carbocycles. The number of benzene rings is 3. The lowest BCUT2D eigenvalue weighted by Crippen LogP contribution is -2.30. The van der Waals surface area contributed by atoms with Gasteiger partial charge in [-0.1, -0.05) is 18.2 Å². The average Bonchev–Trinajstić information content (AvgIpc) is 2.72. The number of ether oxygens (including phenoxy) is 2. The predicted molar refractivity (Wildman–Crippen MR) is 102 cm³/mol. The van der Waals surface area contributed by atoms with Crippen molar-refractivity contribution in [1.82, 2.24) is 0 Å². The van der Waals surface area contributed by atoms with Gasteiger partial charge in [-0.3, -0.25) is 14.9 Å². The SMILES string of the molecule is COc1ccc2cc([C@](C)(C=O)OC(=O)c3ccc([N+](=O)[O-])cc3)ccc2c1. The van der Waals surface area contributed by atoms with Crippen LogP contribution in [0.4, 0.5) is 5.69 Å². The number of fused-ring (bicyclic) bond motifs is 1. The van der Waals surface area contributed by atoms with Crippen LogP contribution in [0.3, 0.4) is 0 Å². The lowest BCUT2D eigenvalue weighted by molar-refractivity contribution is -0.384. The van der Waals surface area contributed by atoms with Crippen molar-refractivity contribution >= 4 is 28.7 Å². The molecule has 0 radical (unpaired) electrons. The quantitative estimate of drug-likeness (QED) is 0.278. The van der Waals surface area contributed by atoms with E-state index in [-0.39, 0.29) is 11.3 Å². The standard InChI is InChI=1S/C21H17NO6/c1-21(13-23,28-20(24)14-4-8-18(9-5-14)22(25)26)17-7-3-16-12-19(27-2)10-6-15(16)11-17/h3-13H,1-2H3/t21-/m0/s1. The Morgan fingerprint density at radius 1 is 1.04 bits per heavy atom. The molecule has 7 heteroatoms. The third-order valence-corrected chi connectivity index (χ3v) is 4.46. The van der Waals surface area contributed by atoms with Gasteiger partial charge in [-0.25, -0.2) is 4.79 Å². The monoisotopic (exact) mass is 379 g/mol. The van der Waals surface area contributed by atoms with Crippen LogP contribution in [-0.4, -0.2) is 24.3 Å². The van der Waals surface area contributed by atoms with Crippen LogP contribution < -0.4 is 4.74 Å². The van der Waals surface area contributed by atoms with E-state index >= 15 is 0 Å². The van der Waals surface area contributed by atoms with Gasteiger partial charge in [0.05, 0.1) is 17.6 Å². The largest absolute Gasteiger partial charge is 0.497 e. The Balaban J connectivity index is 1.89. The van der Waals surface area contributed by atoms with Gasteiger partial charge < -0.3 is 9.47 Å². The third-order valence-electron chi connectivity index (χ3n) is 4.46. The summed E-state index contributed by atoms with van der Waals surface area (Å²) in [5.74, 6) is -0.0395. The Morgan fingerprint density at radius 3 is 2.29 bits per heavy atom. The number of nitro groups is 1. The molecule has 0 aliphatic rings. The maximum absolute atomic E-state index is 12.5. The minimum Gasteiger partial charge on any atom is -0.497 e. The maximum Gasteiger partial charge on any atom is 0.339 e. The number of nitro benzene ring substituents is 1. The van der Waals surface area contributed by atoms with Gasteiger partial charge in [0.1, 0.15) is 5.75 Å². The highest BCUT2D eigenvalue weighted by Gasteiger charge is 2.31. The highest BCUT2D eigenvalue weighted by molar-refractivity contribution is 5.92. The van der Waals surface area contributed by atoms with E-state index in [0.717, 1.165) is 10.8 Å². The van der Waals surface area contributed by atoms with E-state index in [4.69, 9.17) is 9.47 Å². The molecule has 0 fully saturated rings. The second-order valence-corrected chi connectivity index (χ2v) is 6.35. The molecule has 3 aromatic rings. The number of rotatable bonds is 6. The number of aldehydes is 1. The van der Waals surface area contributed by atoms with Gasteiger partial charge in [0.15, 0.2) is 11.9 Å². The second kappa shape index (κ2) is 7.48. The van der Waals surface area contributed by atoms with Crippen molar-refractivity contribution in [3.8, 4) is 5.75 Å². The van der Waals surface area contributed by atoms with Gasteiger partial charge in [-0.05, 0) is 48.0 Å². The van der Waals surface area contributed by atoms with E-state index in [2.05, 4.69) is 0 Å². The van der Waals surface area contributed by atoms with E-state index in [9.17, 15) is 19.7 Å². The Labute approximate surface area is 160 Å². The number of non-ortho nitro benzene ring substituents is 1. The van der Waals surface area contributed by atoms with Crippen LogP contribution in [0.15, 0.2) is 60.7 Å². The molecule has 0 amide bonds. The van der Waals surface area contributed by atoms with Crippen LogP contribution >= 0.6 is 0 Å². The summed E-state index contributed by atoms with van der Waals surface area (Å²) in [6.45, 7) is 1.49. The third kappa shape index (κ3) is 3.68. The van der Waals surface area contributed by atoms with Gasteiger partial charge >= 0.3 is 5.97 Å². The van der Waals surface area contributed by atoms with Crippen LogP contribution in [0, 0.1) is 10.1 Å². The van der Waals surface area contributed by atoms with Crippen LogP contribution in [0.1, 0.15) is 22.8 Å². The van der Waals surface area contributed by atoms with Crippen LogP contribution in [0.25, 0.3) is 10.8 Å². The van der Waals surface area contributed by atoms with Gasteiger partial charge in [0.25, 0.3) is 5.69 Å². The lowest BCUT2D eigenvalue weighted by atomic mass is 9.94. The maximum atomic E-state index is 12.5. The van der Waals surface area contributed by atoms with Gasteiger partial charge in [-0.15, -0.1) is 0 Å². The van der Waals surface area contributed by atoms with Crippen molar-refractivity contribution in [3.63, 3.8) is 0 Å². The minimum atomic E-state index is -1.51. The fourth-order valence-electron chi connectivity index (χ4n) is 2.78. The van der Waals surface area contributed by atoms with Crippen molar-refractivity contribution in [2.75, 3.05) is 7.11 Å². The molecule has 0 aliphatic carbocycles. The number of carbonyl (C=O) groups excluding carboxylic acids is 2. The Morgan fingerprint density at radius 2 is 1.68 bits per heavy atom. The zero-order chi connectivity index (χ0) is 20.3. The van der Waals surface area contributed by atoms with Crippen molar-refractivity contribution in [3.05, 3.63) is 81.9 Å². The summed E-state index contributed by atoms with van der Waals surface area (Å²) in [6, 6.07) is 15.8. The Kier molecular flexibility index (Phi) is 5.08. The number of hydrogen-bond acceptors (Lipinski definition) is 6. The summed E-state index contributed by atoms with van der Waals surface area (Å²) in [4.78, 5) is 34.4. The van der Waals surface area contributed by atoms with E-state index < -0.39 is 16.5 Å². The van der Waals surface area contributed by atoms with Crippen molar-refractivity contribution in [1.29, 1.82) is 0 Å². The molecule has 142 valence electrons. The molecule has 3 rings (SSSR count). The van der Waals surface area contributed by atoms with Crippen molar-refractivity contribution < 1.29 is 24.0 Å². The molecular weight excluding hydrogens is 362 g/mol. The smallest absolute Gasteiger partial charge is 0.339 e. The van der Waals surface area contributed by atoms with E-state index in [0.29, 0.717) is 17.6 Å². The van der Waals surface area contributed by atoms with Crippen molar-refractivity contribution in [2.45, 2.75) is 12.5 Å². The number of nitrogens with zero attached hydrogens (tertiary/aromatic N) is 1. The lowest BCUT2D eigenvalue weighted by Gasteiger charge is -2.24. The van der Waals surface area contributed by atoms with Crippen LogP contribution in [-0.2, 0) is 15.1 Å². The fourth-order valence-corrected chi connectivity index (χ4v) is 2.78. The predicted octanol–water partition coefficient (Wildman–Crippen LogP) is 4.03. The molecule has 0 saturated heterocycles. The normalized spacial score (nSPS) is 12.8. The second-order valence-electron chi connectivity index (χ2n) is 6.35. The number of hydrogen-bond donors (Lipinski definition) is 0. The summed E-state index contributed by atoms with van der Waals surface area (Å²) >= 11 is 0. The van der Waals surface area contributed by atoms with Crippen LogP contribution in [0.2, 0.25) is 0 Å². The fraction of sp³-hybridized carbons (Fsp3) is 0.143. The van der Waals surface area contributed by atoms with Gasteiger partial charge in [0, 0.05) is 17.7 Å². The molecule has 0 aliphatic heterocycles. The Hall–Kier alpha value is -3.74. The highest BCUT2D eigenvalue weighted by atomic mass is 16.6. The zero-order valence-electron chi connectivity index (χ0n) is 15.2. The molecule has 7 nitrogen and oxygen atoms in total. The summed E-state index contributed by atoms with van der Waals surface area (Å²) in [5, 5.41) is 12.5. The summed E-state index contributed by atoms with van der Waals surface area (Å²) in [7, 11) is 1.58. The van der Waals surface area contributed by atoms with Gasteiger partial charge in [-0.2, -0.15) is 0 Å². The van der Waals surface area contributed by atoms with E-state index in [1.807, 2.05) is 18.2 Å². The highest BCUT2D eigenvalue weighted by Crippen LogP contribution is 2.29. The molecule has 0 bridgehead atoms. The molecule has 0 saturated carbocycles. The zero-order valence-corrected chi connectivity index (χ0v) is 15.2. The topological polar surface area (TPSA) is 95.7 Å². The molecule has 1 atom stereocenters. The number of esters is 1. The first-order valence-corrected chi connectivity index (χ1v) is 8.39. The van der Waals surface area contributed by atoms with E-state index in [1.165, 1.54) is 31.2 Å². The molecule has 28 heavy (non-hydrogen) atoms. The average molecular weight is 379 g/mol. The molecule has 0 N–H and O–H groups in total. The first-order valence-electron chi connectivity index (χ1n) is 8.39. The first-order chi connectivity index (χ1) is 13.4. The Bertz CT molecular complexity index is 1060. The van der Waals surface area contributed by atoms with E-state index in [1.54, 1.807) is 25.3 Å².